The number of halogens is 3. The van der Waals surface area contributed by atoms with E-state index in [1.165, 1.54) is 11.3 Å². The van der Waals surface area contributed by atoms with Crippen molar-refractivity contribution in [2.24, 2.45) is 0 Å². The lowest BCUT2D eigenvalue weighted by Gasteiger charge is -2.03. The summed E-state index contributed by atoms with van der Waals surface area (Å²) in [5, 5.41) is 3.78. The van der Waals surface area contributed by atoms with E-state index in [4.69, 9.17) is 0 Å². The van der Waals surface area contributed by atoms with Gasteiger partial charge >= 0.3 is 0 Å². The lowest BCUT2D eigenvalue weighted by Crippen LogP contribution is -2.03. The van der Waals surface area contributed by atoms with Crippen LogP contribution in [0.5, 0.6) is 0 Å². The second-order valence-electron chi connectivity index (χ2n) is 3.09. The predicted octanol–water partition coefficient (Wildman–Crippen LogP) is 5.11. The maximum absolute atomic E-state index is 12.3. The van der Waals surface area contributed by atoms with E-state index < -0.39 is 0 Å². The lowest BCUT2D eigenvalue weighted by atomic mass is 10.1. The molecular formula is C11H5Br2IOS. The molecule has 0 unspecified atom stereocenters. The lowest BCUT2D eigenvalue weighted by molar-refractivity contribution is 0.103. The van der Waals surface area contributed by atoms with Crippen LogP contribution >= 0.6 is 65.8 Å². The van der Waals surface area contributed by atoms with Crippen LogP contribution < -0.4 is 0 Å². The first kappa shape index (κ1) is 12.7. The van der Waals surface area contributed by atoms with Crippen molar-refractivity contribution in [3.05, 3.63) is 52.6 Å². The van der Waals surface area contributed by atoms with E-state index in [9.17, 15) is 4.79 Å². The Morgan fingerprint density at radius 2 is 1.94 bits per heavy atom. The number of hydrogen-bond donors (Lipinski definition) is 0. The fourth-order valence-electron chi connectivity index (χ4n) is 1.26. The van der Waals surface area contributed by atoms with E-state index in [2.05, 4.69) is 54.5 Å². The van der Waals surface area contributed by atoms with E-state index in [-0.39, 0.29) is 5.78 Å². The van der Waals surface area contributed by atoms with Gasteiger partial charge in [0.1, 0.15) is 0 Å². The third kappa shape index (κ3) is 2.57. The van der Waals surface area contributed by atoms with E-state index in [0.717, 1.165) is 23.6 Å². The van der Waals surface area contributed by atoms with Gasteiger partial charge in [-0.3, -0.25) is 4.79 Å². The van der Waals surface area contributed by atoms with Crippen molar-refractivity contribution in [2.45, 2.75) is 0 Å². The standard InChI is InChI=1S/C11H5Br2IOS/c12-6-1-2-10(14)7(3-6)11(15)8-4-16-5-9(8)13/h1-5H. The van der Waals surface area contributed by atoms with Gasteiger partial charge in [-0.2, -0.15) is 11.3 Å². The number of rotatable bonds is 2. The van der Waals surface area contributed by atoms with Crippen LogP contribution in [-0.4, -0.2) is 5.78 Å². The largest absolute Gasteiger partial charge is 0.288 e. The minimum Gasteiger partial charge on any atom is -0.288 e. The highest BCUT2D eigenvalue weighted by atomic mass is 127. The highest BCUT2D eigenvalue weighted by Crippen LogP contribution is 2.27. The zero-order valence-corrected chi connectivity index (χ0v) is 14.0. The van der Waals surface area contributed by atoms with Crippen molar-refractivity contribution in [1.82, 2.24) is 0 Å². The quantitative estimate of drug-likeness (QED) is 0.439. The van der Waals surface area contributed by atoms with Crippen LogP contribution in [0.4, 0.5) is 0 Å². The minimum absolute atomic E-state index is 0.0545. The summed E-state index contributed by atoms with van der Waals surface area (Å²) in [4.78, 5) is 12.3. The molecule has 0 aliphatic rings. The molecule has 1 aromatic heterocycles. The molecule has 1 nitrogen and oxygen atoms in total. The van der Waals surface area contributed by atoms with Gasteiger partial charge in [0, 0.05) is 34.4 Å². The minimum atomic E-state index is 0.0545. The second kappa shape index (κ2) is 5.29. The molecule has 0 N–H and O–H groups in total. The molecular weight excluding hydrogens is 467 g/mol. The molecule has 1 aromatic carbocycles. The first-order chi connectivity index (χ1) is 7.59. The maximum Gasteiger partial charge on any atom is 0.196 e. The van der Waals surface area contributed by atoms with Crippen molar-refractivity contribution in [1.29, 1.82) is 0 Å². The zero-order chi connectivity index (χ0) is 11.7. The van der Waals surface area contributed by atoms with Gasteiger partial charge in [-0.05, 0) is 56.7 Å². The molecule has 0 saturated carbocycles. The highest BCUT2D eigenvalue weighted by Gasteiger charge is 2.16. The maximum atomic E-state index is 12.3. The summed E-state index contributed by atoms with van der Waals surface area (Å²) in [5.74, 6) is 0.0545. The third-order valence-corrected chi connectivity index (χ3v) is 5.17. The average Bonchev–Trinajstić information content (AvgIpc) is 2.67. The Kier molecular flexibility index (Phi) is 4.21. The Morgan fingerprint density at radius 1 is 1.19 bits per heavy atom. The third-order valence-electron chi connectivity index (χ3n) is 2.03. The monoisotopic (exact) mass is 470 g/mol. The Labute approximate surface area is 128 Å². The number of carbonyl (C=O) groups is 1. The Bertz CT molecular complexity index is 551. The van der Waals surface area contributed by atoms with Crippen molar-refractivity contribution in [2.75, 3.05) is 0 Å². The highest BCUT2D eigenvalue weighted by molar-refractivity contribution is 14.1. The van der Waals surface area contributed by atoms with Gasteiger partial charge in [-0.15, -0.1) is 0 Å². The Balaban J connectivity index is 2.49. The Hall–Kier alpha value is 0.280. The average molecular weight is 472 g/mol. The Morgan fingerprint density at radius 3 is 2.56 bits per heavy atom. The molecule has 0 fully saturated rings. The molecule has 2 rings (SSSR count). The first-order valence-corrected chi connectivity index (χ1v) is 7.92. The van der Waals surface area contributed by atoms with Crippen LogP contribution in [0.1, 0.15) is 15.9 Å². The number of benzene rings is 1. The molecule has 0 aliphatic heterocycles. The summed E-state index contributed by atoms with van der Waals surface area (Å²) in [6, 6.07) is 5.72. The topological polar surface area (TPSA) is 17.1 Å². The van der Waals surface area contributed by atoms with E-state index in [0.29, 0.717) is 0 Å². The van der Waals surface area contributed by atoms with Crippen LogP contribution in [0.25, 0.3) is 0 Å². The van der Waals surface area contributed by atoms with Gasteiger partial charge in [-0.25, -0.2) is 0 Å². The molecule has 2 aromatic rings. The van der Waals surface area contributed by atoms with Gasteiger partial charge in [0.2, 0.25) is 0 Å². The normalized spacial score (nSPS) is 10.4. The number of carbonyl (C=O) groups excluding carboxylic acids is 1. The second-order valence-corrected chi connectivity index (χ2v) is 6.76. The first-order valence-electron chi connectivity index (χ1n) is 4.31. The molecule has 0 spiro atoms. The van der Waals surface area contributed by atoms with E-state index in [1.807, 2.05) is 29.0 Å². The number of thiophene rings is 1. The van der Waals surface area contributed by atoms with E-state index in [1.54, 1.807) is 0 Å². The van der Waals surface area contributed by atoms with Crippen molar-refractivity contribution < 1.29 is 4.79 Å². The van der Waals surface area contributed by atoms with Gasteiger partial charge in [-0.1, -0.05) is 15.9 Å². The molecule has 16 heavy (non-hydrogen) atoms. The van der Waals surface area contributed by atoms with Crippen LogP contribution in [0.3, 0.4) is 0 Å². The van der Waals surface area contributed by atoms with E-state index >= 15 is 0 Å². The SMILES string of the molecule is O=C(c1cscc1Br)c1cc(Br)ccc1I. The summed E-state index contributed by atoms with van der Waals surface area (Å²) in [5.41, 5.74) is 1.45. The van der Waals surface area contributed by atoms with Gasteiger partial charge in [0.05, 0.1) is 0 Å². The van der Waals surface area contributed by atoms with Crippen molar-refractivity contribution in [3.63, 3.8) is 0 Å². The van der Waals surface area contributed by atoms with Crippen LogP contribution in [0.15, 0.2) is 37.9 Å². The molecule has 0 atom stereocenters. The molecule has 0 radical (unpaired) electrons. The predicted molar refractivity (Wildman–Crippen MR) is 82.3 cm³/mol. The molecule has 0 bridgehead atoms. The summed E-state index contributed by atoms with van der Waals surface area (Å²) in [6.07, 6.45) is 0. The van der Waals surface area contributed by atoms with Gasteiger partial charge < -0.3 is 0 Å². The summed E-state index contributed by atoms with van der Waals surface area (Å²) < 4.78 is 2.74. The van der Waals surface area contributed by atoms with Crippen molar-refractivity contribution in [3.8, 4) is 0 Å². The molecule has 0 aliphatic carbocycles. The van der Waals surface area contributed by atoms with Crippen LogP contribution in [0.2, 0.25) is 0 Å². The van der Waals surface area contributed by atoms with Crippen LogP contribution in [0, 0.1) is 3.57 Å². The molecule has 0 amide bonds. The summed E-state index contributed by atoms with van der Waals surface area (Å²) in [6.45, 7) is 0. The smallest absolute Gasteiger partial charge is 0.196 e. The number of hydrogen-bond acceptors (Lipinski definition) is 2. The van der Waals surface area contributed by atoms with Crippen molar-refractivity contribution >= 4 is 71.6 Å². The van der Waals surface area contributed by atoms with Gasteiger partial charge in [0.15, 0.2) is 5.78 Å². The van der Waals surface area contributed by atoms with Crippen LogP contribution in [-0.2, 0) is 0 Å². The molecule has 82 valence electrons. The zero-order valence-electron chi connectivity index (χ0n) is 7.84. The molecule has 1 heterocycles. The molecule has 0 saturated heterocycles. The fourth-order valence-corrected chi connectivity index (χ4v) is 3.66. The van der Waals surface area contributed by atoms with Gasteiger partial charge in [0.25, 0.3) is 0 Å². The number of ketones is 1. The summed E-state index contributed by atoms with van der Waals surface area (Å²) >= 11 is 10.5. The summed E-state index contributed by atoms with van der Waals surface area (Å²) in [7, 11) is 0. The fraction of sp³-hybridized carbons (Fsp3) is 0. The molecule has 5 heteroatoms.